The van der Waals surface area contributed by atoms with Gasteiger partial charge in [0.15, 0.2) is 11.5 Å². The molecule has 0 aromatic heterocycles. The third-order valence-corrected chi connectivity index (χ3v) is 2.67. The maximum absolute atomic E-state index is 13.2. The predicted octanol–water partition coefficient (Wildman–Crippen LogP) is 4.07. The summed E-state index contributed by atoms with van der Waals surface area (Å²) >= 11 is 0. The Labute approximate surface area is 131 Å². The highest BCUT2D eigenvalue weighted by atomic mass is 19.2. The molecule has 0 heterocycles. The van der Waals surface area contributed by atoms with Crippen molar-refractivity contribution < 1.29 is 53.2 Å². The summed E-state index contributed by atoms with van der Waals surface area (Å²) < 4.78 is 138. The minimum absolute atomic E-state index is 0.392. The Balaban J connectivity index is 2.29. The van der Waals surface area contributed by atoms with Gasteiger partial charge in [0.25, 0.3) is 0 Å². The maximum Gasteiger partial charge on any atom is 0.658 e. The van der Waals surface area contributed by atoms with Gasteiger partial charge in [-0.2, -0.15) is 17.6 Å². The lowest BCUT2D eigenvalue weighted by molar-refractivity contribution is 0.323. The molecule has 0 amide bonds. The molecular formula is C12BF10O2. The van der Waals surface area contributed by atoms with Gasteiger partial charge in [-0.25, -0.2) is 26.3 Å². The molecule has 2 nitrogen and oxygen atoms in total. The molecule has 0 aliphatic rings. The zero-order chi connectivity index (χ0) is 19.0. The van der Waals surface area contributed by atoms with E-state index in [4.69, 9.17) is 0 Å². The van der Waals surface area contributed by atoms with Gasteiger partial charge in [-0.15, -0.1) is 0 Å². The molecule has 2 aromatic rings. The standard InChI is InChI=1S/C12BF10O2/c14-1-3(16)7(20)11(8(21)4(1)17)24-13-25-12-9(22)5(18)2(15)6(19)10(12)23. The molecular weight excluding hydrogens is 377 g/mol. The summed E-state index contributed by atoms with van der Waals surface area (Å²) in [5, 5.41) is 0. The number of hydrogen-bond acceptors (Lipinski definition) is 2. The van der Waals surface area contributed by atoms with Gasteiger partial charge < -0.3 is 9.31 Å². The first-order valence-electron chi connectivity index (χ1n) is 5.77. The van der Waals surface area contributed by atoms with Crippen molar-refractivity contribution in [2.45, 2.75) is 0 Å². The Morgan fingerprint density at radius 2 is 0.560 bits per heavy atom. The number of halogens is 10. The van der Waals surface area contributed by atoms with Crippen LogP contribution in [0.5, 0.6) is 11.5 Å². The van der Waals surface area contributed by atoms with Crippen LogP contribution in [0, 0.1) is 58.2 Å². The smallest absolute Gasteiger partial charge is 0.522 e. The zero-order valence-corrected chi connectivity index (χ0v) is 11.2. The zero-order valence-electron chi connectivity index (χ0n) is 11.2. The van der Waals surface area contributed by atoms with E-state index >= 15 is 0 Å². The third-order valence-electron chi connectivity index (χ3n) is 2.67. The van der Waals surface area contributed by atoms with E-state index in [2.05, 4.69) is 9.31 Å². The van der Waals surface area contributed by atoms with Crippen LogP contribution in [0.4, 0.5) is 43.9 Å². The maximum atomic E-state index is 13.2. The molecule has 0 aliphatic heterocycles. The van der Waals surface area contributed by atoms with Gasteiger partial charge >= 0.3 is 7.69 Å². The SMILES string of the molecule is Fc1c(F)c(F)c(O[B]Oc2c(F)c(F)c(F)c(F)c2F)c(F)c1F. The fraction of sp³-hybridized carbons (Fsp3) is 0. The molecule has 0 atom stereocenters. The molecule has 0 bridgehead atoms. The molecule has 133 valence electrons. The van der Waals surface area contributed by atoms with Gasteiger partial charge in [0.05, 0.1) is 0 Å². The Morgan fingerprint density at radius 3 is 0.800 bits per heavy atom. The van der Waals surface area contributed by atoms with E-state index in [1.54, 1.807) is 0 Å². The molecule has 0 fully saturated rings. The van der Waals surface area contributed by atoms with E-state index in [-0.39, 0.29) is 0 Å². The van der Waals surface area contributed by atoms with Crippen molar-refractivity contribution in [1.82, 2.24) is 0 Å². The Morgan fingerprint density at radius 1 is 0.360 bits per heavy atom. The van der Waals surface area contributed by atoms with Crippen LogP contribution in [0.3, 0.4) is 0 Å². The van der Waals surface area contributed by atoms with E-state index in [0.717, 1.165) is 0 Å². The summed E-state index contributed by atoms with van der Waals surface area (Å²) in [6.45, 7) is 0. The first-order valence-corrected chi connectivity index (χ1v) is 5.77. The number of hydrogen-bond donors (Lipinski definition) is 0. The Kier molecular flexibility index (Phi) is 5.04. The van der Waals surface area contributed by atoms with Crippen molar-refractivity contribution in [3.8, 4) is 11.5 Å². The highest BCUT2D eigenvalue weighted by Gasteiger charge is 2.30. The van der Waals surface area contributed by atoms with E-state index in [0.29, 0.717) is 0 Å². The van der Waals surface area contributed by atoms with Crippen LogP contribution in [0.2, 0.25) is 0 Å². The summed E-state index contributed by atoms with van der Waals surface area (Å²) in [5.74, 6) is -28.4. The second-order valence-electron chi connectivity index (χ2n) is 4.13. The van der Waals surface area contributed by atoms with E-state index in [1.807, 2.05) is 0 Å². The van der Waals surface area contributed by atoms with Crippen molar-refractivity contribution in [3.05, 3.63) is 58.2 Å². The second-order valence-corrected chi connectivity index (χ2v) is 4.13. The average molecular weight is 377 g/mol. The molecule has 0 spiro atoms. The quantitative estimate of drug-likeness (QED) is 0.346. The monoisotopic (exact) mass is 377 g/mol. The van der Waals surface area contributed by atoms with Gasteiger partial charge in [0.1, 0.15) is 0 Å². The Bertz CT molecular complexity index is 729. The second kappa shape index (κ2) is 6.72. The van der Waals surface area contributed by atoms with Crippen LogP contribution in [0.25, 0.3) is 0 Å². The lowest BCUT2D eigenvalue weighted by Crippen LogP contribution is -2.17. The topological polar surface area (TPSA) is 18.5 Å². The van der Waals surface area contributed by atoms with Crippen LogP contribution in [-0.4, -0.2) is 7.69 Å². The van der Waals surface area contributed by atoms with Crippen molar-refractivity contribution >= 4 is 7.69 Å². The predicted molar refractivity (Wildman–Crippen MR) is 59.5 cm³/mol. The van der Waals surface area contributed by atoms with E-state index in [1.165, 1.54) is 0 Å². The first kappa shape index (κ1) is 18.7. The molecule has 0 saturated heterocycles. The van der Waals surface area contributed by atoms with Gasteiger partial charge in [-0.05, 0) is 0 Å². The number of rotatable bonds is 4. The molecule has 25 heavy (non-hydrogen) atoms. The van der Waals surface area contributed by atoms with Gasteiger partial charge in [-0.1, -0.05) is 0 Å². The van der Waals surface area contributed by atoms with Gasteiger partial charge in [0, 0.05) is 0 Å². The largest absolute Gasteiger partial charge is 0.658 e. The molecule has 0 unspecified atom stereocenters. The molecule has 0 saturated carbocycles. The van der Waals surface area contributed by atoms with E-state index in [9.17, 15) is 43.9 Å². The molecule has 0 N–H and O–H groups in total. The normalized spacial score (nSPS) is 10.8. The highest BCUT2D eigenvalue weighted by molar-refractivity contribution is 6.20. The molecule has 0 aliphatic carbocycles. The van der Waals surface area contributed by atoms with Gasteiger partial charge in [0.2, 0.25) is 58.2 Å². The summed E-state index contributed by atoms with van der Waals surface area (Å²) in [6.07, 6.45) is 0. The fourth-order valence-corrected chi connectivity index (χ4v) is 1.50. The number of benzene rings is 2. The van der Waals surface area contributed by atoms with Crippen molar-refractivity contribution in [2.75, 3.05) is 0 Å². The fourth-order valence-electron chi connectivity index (χ4n) is 1.50. The molecule has 2 rings (SSSR count). The van der Waals surface area contributed by atoms with Crippen LogP contribution < -0.4 is 9.31 Å². The highest BCUT2D eigenvalue weighted by Crippen LogP contribution is 2.31. The van der Waals surface area contributed by atoms with Crippen molar-refractivity contribution in [1.29, 1.82) is 0 Å². The molecule has 2 aromatic carbocycles. The van der Waals surface area contributed by atoms with Crippen LogP contribution in [0.1, 0.15) is 0 Å². The molecule has 1 radical (unpaired) electrons. The Hall–Kier alpha value is -2.60. The van der Waals surface area contributed by atoms with Crippen molar-refractivity contribution in [2.24, 2.45) is 0 Å². The lowest BCUT2D eigenvalue weighted by atomic mass is 10.2. The van der Waals surface area contributed by atoms with Crippen molar-refractivity contribution in [3.63, 3.8) is 0 Å². The summed E-state index contributed by atoms with van der Waals surface area (Å²) in [4.78, 5) is 0. The summed E-state index contributed by atoms with van der Waals surface area (Å²) in [7, 11) is -0.392. The van der Waals surface area contributed by atoms with Gasteiger partial charge in [-0.3, -0.25) is 0 Å². The third kappa shape index (κ3) is 3.05. The van der Waals surface area contributed by atoms with Crippen LogP contribution in [-0.2, 0) is 0 Å². The average Bonchev–Trinajstić information content (AvgIpc) is 2.60. The van der Waals surface area contributed by atoms with Crippen LogP contribution in [0.15, 0.2) is 0 Å². The van der Waals surface area contributed by atoms with Crippen LogP contribution >= 0.6 is 0 Å². The summed E-state index contributed by atoms with van der Waals surface area (Å²) in [6, 6.07) is 0. The summed E-state index contributed by atoms with van der Waals surface area (Å²) in [5.41, 5.74) is 0. The lowest BCUT2D eigenvalue weighted by Gasteiger charge is -2.11. The minimum atomic E-state index is -2.51. The van der Waals surface area contributed by atoms with E-state index < -0.39 is 77.4 Å². The first-order chi connectivity index (χ1) is 11.6. The minimum Gasteiger partial charge on any atom is -0.522 e. The molecule has 13 heteroatoms.